The lowest BCUT2D eigenvalue weighted by molar-refractivity contribution is 0.341. The van der Waals surface area contributed by atoms with E-state index in [9.17, 15) is 17.2 Å². The van der Waals surface area contributed by atoms with E-state index in [4.69, 9.17) is 4.42 Å². The summed E-state index contributed by atoms with van der Waals surface area (Å²) in [5, 5.41) is 3.24. The summed E-state index contributed by atoms with van der Waals surface area (Å²) < 4.78 is 61.6. The number of anilines is 2. The minimum Gasteiger partial charge on any atom is -0.423 e. The third-order valence-electron chi connectivity index (χ3n) is 5.62. The molecule has 0 radical (unpaired) electrons. The number of nitrogens with zero attached hydrogens (tertiary/aromatic N) is 2. The smallest absolute Gasteiger partial charge is 0.301 e. The van der Waals surface area contributed by atoms with E-state index in [1.807, 2.05) is 0 Å². The molecule has 0 amide bonds. The van der Waals surface area contributed by atoms with Crippen molar-refractivity contribution in [2.75, 3.05) is 23.2 Å². The molecule has 0 unspecified atom stereocenters. The van der Waals surface area contributed by atoms with Crippen molar-refractivity contribution in [2.45, 2.75) is 31.7 Å². The lowest BCUT2D eigenvalue weighted by Gasteiger charge is -2.33. The van der Waals surface area contributed by atoms with Crippen LogP contribution in [0.1, 0.15) is 25.7 Å². The molecule has 1 aliphatic carbocycles. The number of para-hydroxylation sites is 1. The van der Waals surface area contributed by atoms with Gasteiger partial charge in [-0.1, -0.05) is 12.1 Å². The van der Waals surface area contributed by atoms with E-state index in [1.165, 1.54) is 37.4 Å². The van der Waals surface area contributed by atoms with Gasteiger partial charge in [-0.3, -0.25) is 4.31 Å². The molecule has 7 nitrogen and oxygen atoms in total. The van der Waals surface area contributed by atoms with Crippen LogP contribution in [0.15, 0.2) is 46.9 Å². The van der Waals surface area contributed by atoms with Crippen molar-refractivity contribution < 1.29 is 21.6 Å². The number of halogens is 2. The number of benzene rings is 2. The van der Waals surface area contributed by atoms with Crippen LogP contribution in [0.4, 0.5) is 20.5 Å². The van der Waals surface area contributed by atoms with Crippen molar-refractivity contribution in [3.63, 3.8) is 0 Å². The molecule has 1 aromatic heterocycles. The predicted octanol–water partition coefficient (Wildman–Crippen LogP) is 4.05. The average Bonchev–Trinajstić information content (AvgIpc) is 3.15. The van der Waals surface area contributed by atoms with Crippen molar-refractivity contribution in [1.29, 1.82) is 0 Å². The van der Waals surface area contributed by atoms with Crippen LogP contribution in [0.5, 0.6) is 0 Å². The zero-order valence-corrected chi connectivity index (χ0v) is 17.8. The molecule has 1 fully saturated rings. The van der Waals surface area contributed by atoms with Gasteiger partial charge in [0.1, 0.15) is 17.2 Å². The monoisotopic (exact) mass is 450 g/mol. The van der Waals surface area contributed by atoms with Crippen molar-refractivity contribution in [2.24, 2.45) is 5.92 Å². The number of aromatic nitrogens is 1. The maximum Gasteiger partial charge on any atom is 0.301 e. The van der Waals surface area contributed by atoms with Crippen molar-refractivity contribution in [3.8, 4) is 0 Å². The van der Waals surface area contributed by atoms with Crippen LogP contribution >= 0.6 is 0 Å². The molecule has 0 saturated heterocycles. The fourth-order valence-corrected chi connectivity index (χ4v) is 4.98. The van der Waals surface area contributed by atoms with Gasteiger partial charge in [-0.15, -0.1) is 0 Å². The van der Waals surface area contributed by atoms with Crippen LogP contribution in [0.3, 0.4) is 0 Å². The second-order valence-electron chi connectivity index (χ2n) is 7.68. The topological polar surface area (TPSA) is 87.5 Å². The van der Waals surface area contributed by atoms with E-state index >= 15 is 0 Å². The SMILES string of the molecule is CNS(=O)(=O)N(CC1CCC(Nc2nc3ccc(F)cc3o2)CC1)c1ccccc1F. The number of rotatable bonds is 7. The Labute approximate surface area is 179 Å². The summed E-state index contributed by atoms with van der Waals surface area (Å²) in [4.78, 5) is 4.33. The number of oxazole rings is 1. The van der Waals surface area contributed by atoms with Gasteiger partial charge in [0.2, 0.25) is 0 Å². The van der Waals surface area contributed by atoms with Gasteiger partial charge in [-0.05, 0) is 55.9 Å². The number of hydrogen-bond donors (Lipinski definition) is 2. The van der Waals surface area contributed by atoms with Crippen molar-refractivity contribution >= 4 is 33.0 Å². The summed E-state index contributed by atoms with van der Waals surface area (Å²) in [7, 11) is -2.53. The quantitative estimate of drug-likeness (QED) is 0.567. The molecular formula is C21H24F2N4O3S. The summed E-state index contributed by atoms with van der Waals surface area (Å²) in [6, 6.07) is 10.5. The number of hydrogen-bond acceptors (Lipinski definition) is 5. The highest BCUT2D eigenvalue weighted by Crippen LogP contribution is 2.31. The van der Waals surface area contributed by atoms with E-state index in [0.29, 0.717) is 17.1 Å². The van der Waals surface area contributed by atoms with Crippen LogP contribution in [-0.4, -0.2) is 33.0 Å². The van der Waals surface area contributed by atoms with Gasteiger partial charge in [0.15, 0.2) is 5.58 Å². The maximum absolute atomic E-state index is 14.3. The highest BCUT2D eigenvalue weighted by Gasteiger charge is 2.29. The van der Waals surface area contributed by atoms with Gasteiger partial charge in [-0.2, -0.15) is 13.4 Å². The Bertz CT molecular complexity index is 1160. The van der Waals surface area contributed by atoms with Crippen LogP contribution in [0, 0.1) is 17.6 Å². The number of nitrogens with one attached hydrogen (secondary N) is 2. The molecule has 0 bridgehead atoms. The molecule has 166 valence electrons. The number of fused-ring (bicyclic) bond motifs is 1. The van der Waals surface area contributed by atoms with E-state index in [1.54, 1.807) is 12.1 Å². The van der Waals surface area contributed by atoms with Crippen LogP contribution in [0.2, 0.25) is 0 Å². The average molecular weight is 451 g/mol. The first kappa shape index (κ1) is 21.5. The fourth-order valence-electron chi connectivity index (χ4n) is 3.95. The first-order chi connectivity index (χ1) is 14.9. The molecule has 31 heavy (non-hydrogen) atoms. The first-order valence-corrected chi connectivity index (χ1v) is 11.6. The van der Waals surface area contributed by atoms with E-state index in [0.717, 1.165) is 30.0 Å². The Balaban J connectivity index is 1.40. The third-order valence-corrected chi connectivity index (χ3v) is 7.06. The highest BCUT2D eigenvalue weighted by molar-refractivity contribution is 7.90. The highest BCUT2D eigenvalue weighted by atomic mass is 32.2. The molecule has 0 spiro atoms. The normalized spacial score (nSPS) is 19.5. The molecule has 1 aliphatic rings. The summed E-state index contributed by atoms with van der Waals surface area (Å²) in [5.74, 6) is -0.880. The Morgan fingerprint density at radius 3 is 2.58 bits per heavy atom. The molecule has 10 heteroatoms. The third kappa shape index (κ3) is 4.80. The standard InChI is InChI=1S/C21H24F2N4O3S/c1-24-31(28,29)27(19-5-3-2-4-17(19)23)13-14-6-9-16(10-7-14)25-21-26-18-11-8-15(22)12-20(18)30-21/h2-5,8,11-12,14,16,24H,6-7,9-10,13H2,1H3,(H,25,26). The van der Waals surface area contributed by atoms with Crippen LogP contribution in [0.25, 0.3) is 11.1 Å². The van der Waals surface area contributed by atoms with Gasteiger partial charge in [0.05, 0.1) is 5.69 Å². The lowest BCUT2D eigenvalue weighted by Crippen LogP contribution is -2.43. The van der Waals surface area contributed by atoms with Gasteiger partial charge < -0.3 is 9.73 Å². The summed E-state index contributed by atoms with van der Waals surface area (Å²) >= 11 is 0. The molecule has 2 N–H and O–H groups in total. The molecule has 2 aromatic carbocycles. The van der Waals surface area contributed by atoms with Crippen LogP contribution in [-0.2, 0) is 10.2 Å². The van der Waals surface area contributed by atoms with Crippen LogP contribution < -0.4 is 14.3 Å². The van der Waals surface area contributed by atoms with E-state index < -0.39 is 16.0 Å². The van der Waals surface area contributed by atoms with E-state index in [2.05, 4.69) is 15.0 Å². The largest absolute Gasteiger partial charge is 0.423 e. The van der Waals surface area contributed by atoms with Gasteiger partial charge in [0.25, 0.3) is 6.01 Å². The fraction of sp³-hybridized carbons (Fsp3) is 0.381. The molecule has 0 aliphatic heterocycles. The van der Waals surface area contributed by atoms with Crippen molar-refractivity contribution in [1.82, 2.24) is 9.71 Å². The molecule has 1 heterocycles. The minimum absolute atomic E-state index is 0.0378. The second kappa shape index (κ2) is 8.80. The molecule has 4 rings (SSSR count). The Kier molecular flexibility index (Phi) is 6.10. The van der Waals surface area contributed by atoms with Gasteiger partial charge >= 0.3 is 10.2 Å². The lowest BCUT2D eigenvalue weighted by atomic mass is 9.86. The van der Waals surface area contributed by atoms with Gasteiger partial charge in [-0.25, -0.2) is 13.5 Å². The molecule has 3 aromatic rings. The maximum atomic E-state index is 14.3. The summed E-state index contributed by atoms with van der Waals surface area (Å²) in [6.07, 6.45) is 3.08. The van der Waals surface area contributed by atoms with E-state index in [-0.39, 0.29) is 30.0 Å². The molecule has 1 saturated carbocycles. The Morgan fingerprint density at radius 2 is 1.87 bits per heavy atom. The zero-order chi connectivity index (χ0) is 22.0. The van der Waals surface area contributed by atoms with Gasteiger partial charge in [0, 0.05) is 25.7 Å². The Hall–Kier alpha value is -2.72. The van der Waals surface area contributed by atoms with Crippen molar-refractivity contribution in [3.05, 3.63) is 54.1 Å². The molecular weight excluding hydrogens is 426 g/mol. The predicted molar refractivity (Wildman–Crippen MR) is 115 cm³/mol. The first-order valence-electron chi connectivity index (χ1n) is 10.1. The minimum atomic E-state index is -3.84. The summed E-state index contributed by atoms with van der Waals surface area (Å²) in [6.45, 7) is 0.193. The zero-order valence-electron chi connectivity index (χ0n) is 17.0. The molecule has 0 atom stereocenters. The second-order valence-corrected chi connectivity index (χ2v) is 9.48. The summed E-state index contributed by atoms with van der Waals surface area (Å²) in [5.41, 5.74) is 1.00. The Morgan fingerprint density at radius 1 is 1.13 bits per heavy atom.